The molecule has 0 fully saturated rings. The zero-order chi connectivity index (χ0) is 27.2. The van der Waals surface area contributed by atoms with Crippen LogP contribution in [0.15, 0.2) is 109 Å². The van der Waals surface area contributed by atoms with Crippen LogP contribution in [0.5, 0.6) is 0 Å². The van der Waals surface area contributed by atoms with Gasteiger partial charge in [0.05, 0.1) is 16.5 Å². The van der Waals surface area contributed by atoms with Crippen molar-refractivity contribution in [1.29, 1.82) is 0 Å². The van der Waals surface area contributed by atoms with Crippen LogP contribution in [0.2, 0.25) is 0 Å². The van der Waals surface area contributed by atoms with E-state index in [4.69, 9.17) is 0 Å². The highest BCUT2D eigenvalue weighted by molar-refractivity contribution is 5.97. The highest BCUT2D eigenvalue weighted by Gasteiger charge is 2.29. The number of carbonyl (C=O) groups excluding carboxylic acids is 1. The third kappa shape index (κ3) is 5.24. The molecule has 5 rings (SSSR count). The average Bonchev–Trinajstić information content (AvgIpc) is 2.98. The fourth-order valence-corrected chi connectivity index (χ4v) is 4.68. The van der Waals surface area contributed by atoms with Gasteiger partial charge in [0, 0.05) is 11.9 Å². The maximum Gasteiger partial charge on any atom is 0.355 e. The molecule has 5 aromatic rings. The lowest BCUT2D eigenvalue weighted by Gasteiger charge is -2.24. The smallest absolute Gasteiger partial charge is 0.320 e. The van der Waals surface area contributed by atoms with Gasteiger partial charge >= 0.3 is 5.69 Å². The van der Waals surface area contributed by atoms with E-state index in [1.807, 2.05) is 110 Å². The molecule has 1 heterocycles. The molecule has 0 radical (unpaired) electrons. The summed E-state index contributed by atoms with van der Waals surface area (Å²) in [5.74, 6) is -1.02. The number of carbonyl (C=O) groups is 1. The predicted molar refractivity (Wildman–Crippen MR) is 152 cm³/mol. The average molecular weight is 519 g/mol. The number of benzene rings is 4. The summed E-state index contributed by atoms with van der Waals surface area (Å²) in [5, 5.41) is 14.3. The van der Waals surface area contributed by atoms with Crippen molar-refractivity contribution in [2.75, 3.05) is 16.9 Å². The van der Waals surface area contributed by atoms with E-state index in [9.17, 15) is 14.9 Å². The molecule has 0 atom stereocenters. The van der Waals surface area contributed by atoms with E-state index in [-0.39, 0.29) is 23.2 Å². The Morgan fingerprint density at radius 2 is 1.49 bits per heavy atom. The third-order valence-electron chi connectivity index (χ3n) is 6.45. The second-order valence-electron chi connectivity index (χ2n) is 8.76. The summed E-state index contributed by atoms with van der Waals surface area (Å²) in [4.78, 5) is 35.4. The van der Waals surface area contributed by atoms with Gasteiger partial charge in [0.25, 0.3) is 0 Å². The largest absolute Gasteiger partial charge is 0.355 e. The van der Waals surface area contributed by atoms with E-state index < -0.39 is 10.8 Å². The minimum absolute atomic E-state index is 0.114. The Morgan fingerprint density at radius 1 is 0.872 bits per heavy atom. The fourth-order valence-electron chi connectivity index (χ4n) is 4.68. The van der Waals surface area contributed by atoms with Crippen molar-refractivity contribution in [3.8, 4) is 0 Å². The Bertz CT molecular complexity index is 1570. The van der Waals surface area contributed by atoms with Gasteiger partial charge < -0.3 is 4.90 Å². The first-order valence-corrected chi connectivity index (χ1v) is 12.5. The van der Waals surface area contributed by atoms with Crippen LogP contribution < -0.4 is 15.8 Å². The quantitative estimate of drug-likeness (QED) is 0.182. The van der Waals surface area contributed by atoms with Gasteiger partial charge in [-0.05, 0) is 29.5 Å². The zero-order valence-electron chi connectivity index (χ0n) is 21.2. The van der Waals surface area contributed by atoms with Gasteiger partial charge in [-0.1, -0.05) is 97.1 Å². The molecule has 9 heteroatoms. The highest BCUT2D eigenvalue weighted by atomic mass is 16.6. The van der Waals surface area contributed by atoms with Gasteiger partial charge in [-0.25, -0.2) is 9.97 Å². The molecule has 9 nitrogen and oxygen atoms in total. The number of anilines is 3. The van der Waals surface area contributed by atoms with Crippen molar-refractivity contribution in [1.82, 2.24) is 15.4 Å². The lowest BCUT2D eigenvalue weighted by Crippen LogP contribution is -2.35. The molecule has 39 heavy (non-hydrogen) atoms. The number of nitrogens with one attached hydrogen (secondary N) is 2. The Balaban J connectivity index is 1.49. The number of nitro groups is 1. The van der Waals surface area contributed by atoms with Crippen LogP contribution in [-0.4, -0.2) is 27.3 Å². The van der Waals surface area contributed by atoms with E-state index in [0.29, 0.717) is 6.54 Å². The Kier molecular flexibility index (Phi) is 7.40. The highest BCUT2D eigenvalue weighted by Crippen LogP contribution is 2.38. The molecule has 0 saturated carbocycles. The summed E-state index contributed by atoms with van der Waals surface area (Å²) >= 11 is 0. The van der Waals surface area contributed by atoms with Crippen molar-refractivity contribution < 1.29 is 9.72 Å². The van der Waals surface area contributed by atoms with Crippen molar-refractivity contribution in [2.24, 2.45) is 0 Å². The first-order valence-electron chi connectivity index (χ1n) is 12.5. The molecular weight excluding hydrogens is 492 g/mol. The summed E-state index contributed by atoms with van der Waals surface area (Å²) in [6, 6.07) is 32.3. The first kappa shape index (κ1) is 25.3. The Morgan fingerprint density at radius 3 is 2.13 bits per heavy atom. The maximum absolute atomic E-state index is 13.4. The SMILES string of the molecule is CCN(c1ncnc(NNC(=O)C(c2ccccc2)c2ccccc2)c1[N+](=O)[O-])c1cccc2ccccc12. The molecule has 0 unspecified atom stereocenters. The standard InChI is InChI=1S/C30H26N6O3/c1-2-35(25-19-11-17-21-12-9-10-18-24(21)25)29-27(36(38)39)28(31-20-32-29)33-34-30(37)26(22-13-5-3-6-14-22)23-15-7-4-8-16-23/h3-20,26H,2H2,1H3,(H,34,37)(H,31,32,33). The van der Waals surface area contributed by atoms with Gasteiger partial charge in [0.1, 0.15) is 6.33 Å². The molecule has 0 aliphatic carbocycles. The summed E-state index contributed by atoms with van der Waals surface area (Å²) < 4.78 is 0. The number of hydrogen-bond acceptors (Lipinski definition) is 7. The number of rotatable bonds is 9. The molecule has 1 amide bonds. The van der Waals surface area contributed by atoms with Crippen LogP contribution >= 0.6 is 0 Å². The van der Waals surface area contributed by atoms with E-state index >= 15 is 0 Å². The van der Waals surface area contributed by atoms with Gasteiger partial charge in [-0.15, -0.1) is 0 Å². The van der Waals surface area contributed by atoms with Crippen molar-refractivity contribution in [3.05, 3.63) is 131 Å². The number of fused-ring (bicyclic) bond motifs is 1. The van der Waals surface area contributed by atoms with Gasteiger partial charge in [-0.3, -0.25) is 25.8 Å². The molecule has 2 N–H and O–H groups in total. The second kappa shape index (κ2) is 11.4. The summed E-state index contributed by atoms with van der Waals surface area (Å²) in [5.41, 5.74) is 7.35. The maximum atomic E-state index is 13.4. The van der Waals surface area contributed by atoms with Crippen molar-refractivity contribution >= 4 is 39.7 Å². The Hall–Kier alpha value is -5.31. The molecule has 0 spiro atoms. The lowest BCUT2D eigenvalue weighted by atomic mass is 9.91. The molecular formula is C30H26N6O3. The second-order valence-corrected chi connectivity index (χ2v) is 8.76. The lowest BCUT2D eigenvalue weighted by molar-refractivity contribution is -0.383. The first-order chi connectivity index (χ1) is 19.1. The predicted octanol–water partition coefficient (Wildman–Crippen LogP) is 5.97. The zero-order valence-corrected chi connectivity index (χ0v) is 21.2. The molecule has 4 aromatic carbocycles. The van der Waals surface area contributed by atoms with Crippen molar-refractivity contribution in [3.63, 3.8) is 0 Å². The summed E-state index contributed by atoms with van der Waals surface area (Å²) in [6.45, 7) is 2.31. The molecule has 1 aromatic heterocycles. The van der Waals surface area contributed by atoms with E-state index in [1.165, 1.54) is 6.33 Å². The molecule has 0 bridgehead atoms. The normalized spacial score (nSPS) is 10.8. The summed E-state index contributed by atoms with van der Waals surface area (Å²) in [6.07, 6.45) is 1.25. The number of amides is 1. The number of aromatic nitrogens is 2. The van der Waals surface area contributed by atoms with Crippen LogP contribution in [0.4, 0.5) is 23.0 Å². The van der Waals surface area contributed by atoms with Crippen LogP contribution in [-0.2, 0) is 4.79 Å². The van der Waals surface area contributed by atoms with E-state index in [2.05, 4.69) is 20.8 Å². The minimum atomic E-state index is -0.636. The molecule has 0 saturated heterocycles. The van der Waals surface area contributed by atoms with Crippen molar-refractivity contribution in [2.45, 2.75) is 12.8 Å². The minimum Gasteiger partial charge on any atom is -0.320 e. The third-order valence-corrected chi connectivity index (χ3v) is 6.45. The van der Waals surface area contributed by atoms with Crippen LogP contribution in [0.3, 0.4) is 0 Å². The number of hydrogen-bond donors (Lipinski definition) is 2. The van der Waals surface area contributed by atoms with Gasteiger partial charge in [-0.2, -0.15) is 0 Å². The van der Waals surface area contributed by atoms with Crippen LogP contribution in [0.25, 0.3) is 10.8 Å². The van der Waals surface area contributed by atoms with Crippen LogP contribution in [0, 0.1) is 10.1 Å². The van der Waals surface area contributed by atoms with Gasteiger partial charge in [0.2, 0.25) is 17.5 Å². The van der Waals surface area contributed by atoms with E-state index in [0.717, 1.165) is 27.6 Å². The molecule has 194 valence electrons. The van der Waals surface area contributed by atoms with Gasteiger partial charge in [0.15, 0.2) is 0 Å². The Labute approximate surface area is 225 Å². The topological polar surface area (TPSA) is 113 Å². The molecule has 0 aliphatic rings. The monoisotopic (exact) mass is 518 g/mol. The molecule has 0 aliphatic heterocycles. The fraction of sp³-hybridized carbons (Fsp3) is 0.100. The van der Waals surface area contributed by atoms with E-state index in [1.54, 1.807) is 4.90 Å². The number of hydrazine groups is 1. The summed E-state index contributed by atoms with van der Waals surface area (Å²) in [7, 11) is 0. The number of nitrogens with zero attached hydrogens (tertiary/aromatic N) is 4. The van der Waals surface area contributed by atoms with Crippen LogP contribution in [0.1, 0.15) is 24.0 Å².